The molecule has 0 spiro atoms. The molecule has 2 aromatic heterocycles. The van der Waals surface area contributed by atoms with Gasteiger partial charge >= 0.3 is 0 Å². The van der Waals surface area contributed by atoms with Crippen LogP contribution >= 0.6 is 0 Å². The Morgan fingerprint density at radius 1 is 1.08 bits per heavy atom. The Morgan fingerprint density at radius 3 is 2.38 bits per heavy atom. The lowest BCUT2D eigenvalue weighted by Gasteiger charge is -2.21. The first-order chi connectivity index (χ1) is 12.5. The number of nitrogens with one attached hydrogen (secondary N) is 1. The van der Waals surface area contributed by atoms with Crippen molar-refractivity contribution >= 4 is 29.1 Å². The fraction of sp³-hybridized carbons (Fsp3) is 0.167. The maximum atomic E-state index is 12.6. The fourth-order valence-electron chi connectivity index (χ4n) is 2.99. The van der Waals surface area contributed by atoms with E-state index in [1.54, 1.807) is 54.0 Å². The highest BCUT2D eigenvalue weighted by Crippen LogP contribution is 2.25. The average molecular weight is 349 g/mol. The number of rotatable bonds is 3. The van der Waals surface area contributed by atoms with Crippen LogP contribution in [0.25, 0.3) is 5.65 Å². The Bertz CT molecular complexity index is 1040. The van der Waals surface area contributed by atoms with E-state index in [0.29, 0.717) is 28.3 Å². The molecule has 1 aromatic carbocycles. The third kappa shape index (κ3) is 2.43. The number of carbonyl (C=O) groups is 3. The van der Waals surface area contributed by atoms with Crippen LogP contribution < -0.4 is 5.32 Å². The lowest BCUT2D eigenvalue weighted by molar-refractivity contribution is -0.119. The van der Waals surface area contributed by atoms with Gasteiger partial charge in [0.05, 0.1) is 23.0 Å². The normalized spacial score (nSPS) is 14.6. The zero-order valence-corrected chi connectivity index (χ0v) is 14.1. The number of pyridine rings is 1. The van der Waals surface area contributed by atoms with Crippen LogP contribution in [0.2, 0.25) is 0 Å². The highest BCUT2D eigenvalue weighted by atomic mass is 16.2. The van der Waals surface area contributed by atoms with E-state index in [9.17, 15) is 14.4 Å². The minimum absolute atomic E-state index is 0.316. The molecule has 1 aliphatic heterocycles. The van der Waals surface area contributed by atoms with Gasteiger partial charge in [-0.05, 0) is 38.1 Å². The maximum absolute atomic E-state index is 12.6. The van der Waals surface area contributed by atoms with E-state index in [4.69, 9.17) is 0 Å². The van der Waals surface area contributed by atoms with Crippen LogP contribution in [0.4, 0.5) is 5.69 Å². The van der Waals surface area contributed by atoms with E-state index >= 15 is 0 Å². The van der Waals surface area contributed by atoms with Gasteiger partial charge in [-0.1, -0.05) is 12.1 Å². The average Bonchev–Trinajstić information content (AvgIpc) is 3.11. The van der Waals surface area contributed by atoms with Gasteiger partial charge in [-0.15, -0.1) is 0 Å². The number of imide groups is 1. The molecule has 0 aliphatic carbocycles. The zero-order valence-electron chi connectivity index (χ0n) is 14.1. The topological polar surface area (TPSA) is 96.7 Å². The van der Waals surface area contributed by atoms with Gasteiger partial charge in [-0.25, -0.2) is 9.50 Å². The van der Waals surface area contributed by atoms with Crippen LogP contribution in [0.15, 0.2) is 42.6 Å². The molecular formula is C18H15N5O3. The van der Waals surface area contributed by atoms with Gasteiger partial charge in [-0.2, -0.15) is 5.10 Å². The van der Waals surface area contributed by atoms with Crippen molar-refractivity contribution < 1.29 is 14.4 Å². The molecule has 1 aliphatic rings. The van der Waals surface area contributed by atoms with Crippen molar-refractivity contribution in [3.05, 3.63) is 59.5 Å². The van der Waals surface area contributed by atoms with Crippen LogP contribution in [0, 0.1) is 6.92 Å². The monoisotopic (exact) mass is 349 g/mol. The highest BCUT2D eigenvalue weighted by Gasteiger charge is 2.40. The molecule has 130 valence electrons. The van der Waals surface area contributed by atoms with Gasteiger partial charge in [0, 0.05) is 0 Å². The molecule has 1 N–H and O–H groups in total. The number of fused-ring (bicyclic) bond motifs is 2. The van der Waals surface area contributed by atoms with Crippen LogP contribution in [0.5, 0.6) is 0 Å². The van der Waals surface area contributed by atoms with Crippen molar-refractivity contribution in [2.75, 3.05) is 5.32 Å². The quantitative estimate of drug-likeness (QED) is 0.726. The molecule has 3 heterocycles. The Kier molecular flexibility index (Phi) is 3.54. The van der Waals surface area contributed by atoms with Gasteiger partial charge < -0.3 is 5.32 Å². The number of aromatic nitrogens is 3. The Balaban J connectivity index is 1.56. The highest BCUT2D eigenvalue weighted by molar-refractivity contribution is 6.23. The molecule has 1 unspecified atom stereocenters. The molecule has 0 bridgehead atoms. The Hall–Kier alpha value is -3.55. The second kappa shape index (κ2) is 5.76. The molecule has 26 heavy (non-hydrogen) atoms. The number of nitrogens with zero attached hydrogens (tertiary/aromatic N) is 4. The SMILES string of the molecule is Cc1nc2ccc(NC(=O)C(C)N3C(=O)c4ccccc4C3=O)cn2n1. The molecule has 1 atom stereocenters. The van der Waals surface area contributed by atoms with Crippen molar-refractivity contribution in [1.82, 2.24) is 19.5 Å². The summed E-state index contributed by atoms with van der Waals surface area (Å²) in [5.74, 6) is -0.769. The second-order valence-corrected chi connectivity index (χ2v) is 6.07. The molecule has 0 saturated heterocycles. The molecule has 0 radical (unpaired) electrons. The van der Waals surface area contributed by atoms with E-state index in [1.807, 2.05) is 0 Å². The first kappa shape index (κ1) is 15.9. The van der Waals surface area contributed by atoms with E-state index in [2.05, 4.69) is 15.4 Å². The van der Waals surface area contributed by atoms with Gasteiger partial charge in [-0.3, -0.25) is 19.3 Å². The first-order valence-electron chi connectivity index (χ1n) is 8.06. The minimum Gasteiger partial charge on any atom is -0.323 e. The summed E-state index contributed by atoms with van der Waals surface area (Å²) in [4.78, 5) is 42.8. The Labute approximate surface area is 148 Å². The maximum Gasteiger partial charge on any atom is 0.262 e. The first-order valence-corrected chi connectivity index (χ1v) is 8.06. The molecule has 0 fully saturated rings. The number of aryl methyl sites for hydroxylation is 1. The number of hydrogen-bond acceptors (Lipinski definition) is 5. The van der Waals surface area contributed by atoms with Crippen LogP contribution in [-0.4, -0.2) is 43.3 Å². The van der Waals surface area contributed by atoms with Crippen molar-refractivity contribution in [2.45, 2.75) is 19.9 Å². The number of amides is 3. The van der Waals surface area contributed by atoms with Crippen LogP contribution in [0.1, 0.15) is 33.5 Å². The third-order valence-corrected chi connectivity index (χ3v) is 4.30. The van der Waals surface area contributed by atoms with Gasteiger partial charge in [0.15, 0.2) is 5.65 Å². The van der Waals surface area contributed by atoms with Crippen molar-refractivity contribution in [3.63, 3.8) is 0 Å². The molecule has 8 heteroatoms. The minimum atomic E-state index is -0.949. The predicted molar refractivity (Wildman–Crippen MR) is 92.8 cm³/mol. The number of anilines is 1. The fourth-order valence-corrected chi connectivity index (χ4v) is 2.99. The van der Waals surface area contributed by atoms with Crippen molar-refractivity contribution in [3.8, 4) is 0 Å². The summed E-state index contributed by atoms with van der Waals surface area (Å²) in [6.07, 6.45) is 1.63. The van der Waals surface area contributed by atoms with Gasteiger partial charge in [0.25, 0.3) is 11.8 Å². The molecule has 3 amide bonds. The van der Waals surface area contributed by atoms with Crippen molar-refractivity contribution in [1.29, 1.82) is 0 Å². The lowest BCUT2D eigenvalue weighted by Crippen LogP contribution is -2.45. The van der Waals surface area contributed by atoms with E-state index < -0.39 is 23.8 Å². The summed E-state index contributed by atoms with van der Waals surface area (Å²) in [6.45, 7) is 3.30. The summed E-state index contributed by atoms with van der Waals surface area (Å²) in [7, 11) is 0. The summed E-state index contributed by atoms with van der Waals surface area (Å²) >= 11 is 0. The smallest absolute Gasteiger partial charge is 0.262 e. The zero-order chi connectivity index (χ0) is 18.4. The van der Waals surface area contributed by atoms with Gasteiger partial charge in [0.2, 0.25) is 5.91 Å². The molecule has 0 saturated carbocycles. The summed E-state index contributed by atoms with van der Waals surface area (Å²) < 4.78 is 1.55. The summed E-state index contributed by atoms with van der Waals surface area (Å²) in [5.41, 5.74) is 1.79. The number of carbonyl (C=O) groups excluding carboxylic acids is 3. The van der Waals surface area contributed by atoms with Crippen LogP contribution in [0.3, 0.4) is 0 Å². The molecule has 4 rings (SSSR count). The Morgan fingerprint density at radius 2 is 1.73 bits per heavy atom. The van der Waals surface area contributed by atoms with Gasteiger partial charge in [0.1, 0.15) is 11.9 Å². The number of hydrogen-bond donors (Lipinski definition) is 1. The molecule has 8 nitrogen and oxygen atoms in total. The van der Waals surface area contributed by atoms with E-state index in [0.717, 1.165) is 4.90 Å². The van der Waals surface area contributed by atoms with E-state index in [1.165, 1.54) is 6.92 Å². The third-order valence-electron chi connectivity index (χ3n) is 4.30. The lowest BCUT2D eigenvalue weighted by atomic mass is 10.1. The van der Waals surface area contributed by atoms with Crippen molar-refractivity contribution in [2.24, 2.45) is 0 Å². The molecule has 3 aromatic rings. The standard InChI is InChI=1S/C18H15N5O3/c1-10(23-17(25)13-5-3-4-6-14(13)18(23)26)16(24)20-12-7-8-15-19-11(2)21-22(15)9-12/h3-10H,1-2H3,(H,20,24). The van der Waals surface area contributed by atoms with E-state index in [-0.39, 0.29) is 0 Å². The second-order valence-electron chi connectivity index (χ2n) is 6.07. The number of benzene rings is 1. The molecular weight excluding hydrogens is 334 g/mol. The summed E-state index contributed by atoms with van der Waals surface area (Å²) in [6, 6.07) is 9.01. The van der Waals surface area contributed by atoms with Crippen LogP contribution in [-0.2, 0) is 4.79 Å². The largest absolute Gasteiger partial charge is 0.323 e. The summed E-state index contributed by atoms with van der Waals surface area (Å²) in [5, 5.41) is 6.90. The predicted octanol–water partition coefficient (Wildman–Crippen LogP) is 1.66.